The summed E-state index contributed by atoms with van der Waals surface area (Å²) in [4.78, 5) is 10.1. The average Bonchev–Trinajstić information content (AvgIpc) is 2.13. The summed E-state index contributed by atoms with van der Waals surface area (Å²) in [6.45, 7) is 0. The standard InChI is InChI=1S/C5H8N2OS/c1-7-6-5(3-8)4-9(7)2/h3-4H,1-2H3. The largest absolute Gasteiger partial charge is 0.296 e. The number of carbonyl (C=O) groups is 1. The Hall–Kier alpha value is -0.640. The monoisotopic (exact) mass is 144 g/mol. The molecule has 1 heterocycles. The van der Waals surface area contributed by atoms with Crippen LogP contribution in [0.5, 0.6) is 0 Å². The van der Waals surface area contributed by atoms with E-state index in [0.29, 0.717) is 5.71 Å². The van der Waals surface area contributed by atoms with Crippen LogP contribution >= 0.6 is 10.7 Å². The Balaban J connectivity index is 2.82. The van der Waals surface area contributed by atoms with Crippen LogP contribution in [0, 0.1) is 0 Å². The second-order valence-corrected chi connectivity index (χ2v) is 3.56. The van der Waals surface area contributed by atoms with Gasteiger partial charge in [0.25, 0.3) is 0 Å². The van der Waals surface area contributed by atoms with Gasteiger partial charge in [-0.2, -0.15) is 5.10 Å². The molecule has 0 aliphatic carbocycles. The van der Waals surface area contributed by atoms with Gasteiger partial charge in [0.1, 0.15) is 5.71 Å². The van der Waals surface area contributed by atoms with Gasteiger partial charge in [-0.15, -0.1) is 0 Å². The van der Waals surface area contributed by atoms with Crippen molar-refractivity contribution in [2.24, 2.45) is 5.10 Å². The van der Waals surface area contributed by atoms with Crippen molar-refractivity contribution < 1.29 is 4.79 Å². The second kappa shape index (κ2) is 2.31. The quantitative estimate of drug-likeness (QED) is 0.386. The van der Waals surface area contributed by atoms with Gasteiger partial charge in [0, 0.05) is 12.4 Å². The van der Waals surface area contributed by atoms with Crippen molar-refractivity contribution >= 4 is 28.0 Å². The maximum atomic E-state index is 10.1. The Morgan fingerprint density at radius 2 is 2.56 bits per heavy atom. The van der Waals surface area contributed by atoms with E-state index in [1.54, 1.807) is 4.41 Å². The first-order valence-corrected chi connectivity index (χ1v) is 4.16. The summed E-state index contributed by atoms with van der Waals surface area (Å²) < 4.78 is 1.78. The molecule has 0 N–H and O–H groups in total. The SMILES string of the molecule is CN1N=C(C=O)C=S1C. The van der Waals surface area contributed by atoms with E-state index in [1.807, 2.05) is 18.7 Å². The van der Waals surface area contributed by atoms with Crippen LogP contribution in [0.1, 0.15) is 0 Å². The van der Waals surface area contributed by atoms with E-state index in [-0.39, 0.29) is 10.7 Å². The van der Waals surface area contributed by atoms with Gasteiger partial charge in [-0.25, -0.2) is 4.41 Å². The van der Waals surface area contributed by atoms with Gasteiger partial charge < -0.3 is 0 Å². The van der Waals surface area contributed by atoms with Crippen LogP contribution in [0.15, 0.2) is 5.10 Å². The van der Waals surface area contributed by atoms with E-state index >= 15 is 0 Å². The van der Waals surface area contributed by atoms with E-state index in [2.05, 4.69) is 5.10 Å². The minimum atomic E-state index is 0.0258. The molecule has 3 nitrogen and oxygen atoms in total. The van der Waals surface area contributed by atoms with Crippen LogP contribution in [0.2, 0.25) is 0 Å². The number of carbonyl (C=O) groups excluding carboxylic acids is 1. The molecule has 0 radical (unpaired) electrons. The molecule has 0 spiro atoms. The highest BCUT2D eigenvalue weighted by atomic mass is 32.2. The first-order valence-electron chi connectivity index (χ1n) is 2.51. The minimum Gasteiger partial charge on any atom is -0.296 e. The topological polar surface area (TPSA) is 32.7 Å². The Morgan fingerprint density at radius 3 is 2.78 bits per heavy atom. The summed E-state index contributed by atoms with van der Waals surface area (Å²) in [6.07, 6.45) is 2.78. The van der Waals surface area contributed by atoms with E-state index in [1.165, 1.54) is 0 Å². The third-order valence-corrected chi connectivity index (χ3v) is 2.58. The van der Waals surface area contributed by atoms with E-state index in [0.717, 1.165) is 6.29 Å². The zero-order valence-corrected chi connectivity index (χ0v) is 6.18. The van der Waals surface area contributed by atoms with Gasteiger partial charge in [-0.3, -0.25) is 4.79 Å². The fourth-order valence-corrected chi connectivity index (χ4v) is 1.38. The third kappa shape index (κ3) is 1.18. The fraction of sp³-hybridized carbons (Fsp3) is 0.400. The molecule has 0 bridgehead atoms. The van der Waals surface area contributed by atoms with Crippen molar-refractivity contribution in [3.63, 3.8) is 0 Å². The Morgan fingerprint density at radius 1 is 1.89 bits per heavy atom. The van der Waals surface area contributed by atoms with Crippen molar-refractivity contribution in [2.45, 2.75) is 0 Å². The first kappa shape index (κ1) is 6.48. The van der Waals surface area contributed by atoms with Gasteiger partial charge in [-0.05, 0) is 6.26 Å². The second-order valence-electron chi connectivity index (χ2n) is 1.75. The summed E-state index contributed by atoms with van der Waals surface area (Å²) in [7, 11) is 1.88. The molecule has 1 aliphatic rings. The van der Waals surface area contributed by atoms with Gasteiger partial charge >= 0.3 is 0 Å². The molecular weight excluding hydrogens is 136 g/mol. The summed E-state index contributed by atoms with van der Waals surface area (Å²) in [5.41, 5.74) is 0.545. The molecule has 1 rings (SSSR count). The zero-order valence-electron chi connectivity index (χ0n) is 5.37. The maximum Gasteiger partial charge on any atom is 0.170 e. The molecule has 0 saturated heterocycles. The van der Waals surface area contributed by atoms with E-state index in [4.69, 9.17) is 0 Å². The molecule has 0 aromatic heterocycles. The molecule has 4 heteroatoms. The number of nitrogens with zero attached hydrogens (tertiary/aromatic N) is 2. The first-order chi connectivity index (χ1) is 4.24. The van der Waals surface area contributed by atoms with Crippen molar-refractivity contribution in [3.05, 3.63) is 0 Å². The molecule has 1 unspecified atom stereocenters. The number of hydrazone groups is 1. The van der Waals surface area contributed by atoms with E-state index in [9.17, 15) is 4.79 Å². The van der Waals surface area contributed by atoms with Crippen molar-refractivity contribution in [3.8, 4) is 0 Å². The number of hydrogen-bond acceptors (Lipinski definition) is 3. The molecular formula is C5H8N2OS. The predicted octanol–water partition coefficient (Wildman–Crippen LogP) is 0.103. The molecule has 1 atom stereocenters. The molecule has 0 aromatic carbocycles. The highest BCUT2D eigenvalue weighted by molar-refractivity contribution is 8.13. The lowest BCUT2D eigenvalue weighted by Crippen LogP contribution is -1.99. The molecule has 0 saturated carbocycles. The zero-order chi connectivity index (χ0) is 6.85. The number of aldehydes is 1. The molecule has 0 aromatic rings. The predicted molar refractivity (Wildman–Crippen MR) is 40.8 cm³/mol. The molecule has 50 valence electrons. The highest BCUT2D eigenvalue weighted by Crippen LogP contribution is 2.16. The molecule has 0 fully saturated rings. The fourth-order valence-electron chi connectivity index (χ4n) is 0.553. The number of rotatable bonds is 1. The van der Waals surface area contributed by atoms with E-state index < -0.39 is 0 Å². The van der Waals surface area contributed by atoms with Gasteiger partial charge in [0.05, 0.1) is 0 Å². The van der Waals surface area contributed by atoms with Crippen molar-refractivity contribution in [1.82, 2.24) is 4.41 Å². The third-order valence-electron chi connectivity index (χ3n) is 1.09. The van der Waals surface area contributed by atoms with Crippen LogP contribution in [-0.4, -0.2) is 35.1 Å². The average molecular weight is 144 g/mol. The Bertz CT molecular complexity index is 197. The summed E-state index contributed by atoms with van der Waals surface area (Å²) in [5.74, 6) is 0. The van der Waals surface area contributed by atoms with Crippen molar-refractivity contribution in [1.29, 1.82) is 0 Å². The maximum absolute atomic E-state index is 10.1. The lowest BCUT2D eigenvalue weighted by atomic mass is 10.5. The Kier molecular flexibility index (Phi) is 1.66. The van der Waals surface area contributed by atoms with Crippen LogP contribution in [-0.2, 0) is 4.79 Å². The van der Waals surface area contributed by atoms with Crippen LogP contribution in [0.25, 0.3) is 0 Å². The number of hydrogen-bond donors (Lipinski definition) is 0. The van der Waals surface area contributed by atoms with Crippen LogP contribution in [0.4, 0.5) is 0 Å². The van der Waals surface area contributed by atoms with Gasteiger partial charge in [0.2, 0.25) is 0 Å². The molecule has 1 aliphatic heterocycles. The molecule has 9 heavy (non-hydrogen) atoms. The lowest BCUT2D eigenvalue weighted by molar-refractivity contribution is -0.102. The summed E-state index contributed by atoms with van der Waals surface area (Å²) >= 11 is 0. The molecule has 0 amide bonds. The lowest BCUT2D eigenvalue weighted by Gasteiger charge is -2.06. The van der Waals surface area contributed by atoms with Crippen LogP contribution in [0.3, 0.4) is 0 Å². The highest BCUT2D eigenvalue weighted by Gasteiger charge is 2.05. The van der Waals surface area contributed by atoms with Crippen LogP contribution < -0.4 is 0 Å². The normalized spacial score (nSPS) is 25.3. The van der Waals surface area contributed by atoms with Gasteiger partial charge in [-0.1, -0.05) is 10.7 Å². The van der Waals surface area contributed by atoms with Gasteiger partial charge in [0.15, 0.2) is 6.29 Å². The summed E-state index contributed by atoms with van der Waals surface area (Å²) in [5, 5.41) is 5.78. The Labute approximate surface area is 56.4 Å². The summed E-state index contributed by atoms with van der Waals surface area (Å²) in [6, 6.07) is 0. The minimum absolute atomic E-state index is 0.0258. The van der Waals surface area contributed by atoms with Crippen molar-refractivity contribution in [2.75, 3.05) is 13.3 Å². The smallest absolute Gasteiger partial charge is 0.170 e.